The van der Waals surface area contributed by atoms with Crippen LogP contribution in [0.3, 0.4) is 0 Å². The Hall–Kier alpha value is -2.86. The van der Waals surface area contributed by atoms with Crippen molar-refractivity contribution in [2.75, 3.05) is 0 Å². The molecular formula is C22H18N2O3S. The molecule has 2 aromatic heterocycles. The largest absolute Gasteiger partial charge is 0.423 e. The fourth-order valence-corrected chi connectivity index (χ4v) is 4.85. The van der Waals surface area contributed by atoms with Crippen LogP contribution in [0.5, 0.6) is 0 Å². The first-order valence-corrected chi connectivity index (χ1v) is 10.3. The maximum absolute atomic E-state index is 12.6. The van der Waals surface area contributed by atoms with Crippen LogP contribution in [-0.4, -0.2) is 9.55 Å². The third kappa shape index (κ3) is 2.85. The molecule has 0 N–H and O–H groups in total. The lowest BCUT2D eigenvalue weighted by atomic mass is 10.0. The molecule has 2 heterocycles. The third-order valence-corrected chi connectivity index (χ3v) is 6.42. The van der Waals surface area contributed by atoms with Crippen LogP contribution < -0.4 is 11.2 Å². The lowest BCUT2D eigenvalue weighted by molar-refractivity contribution is 0.559. The Morgan fingerprint density at radius 1 is 1.07 bits per heavy atom. The first-order valence-electron chi connectivity index (χ1n) is 9.27. The van der Waals surface area contributed by atoms with E-state index < -0.39 is 0 Å². The van der Waals surface area contributed by atoms with E-state index in [0.29, 0.717) is 27.4 Å². The van der Waals surface area contributed by atoms with Crippen molar-refractivity contribution < 1.29 is 4.42 Å². The van der Waals surface area contributed by atoms with Gasteiger partial charge in [-0.15, -0.1) is 0 Å². The lowest BCUT2D eigenvalue weighted by Crippen LogP contribution is -2.19. The van der Waals surface area contributed by atoms with Crippen LogP contribution in [0, 0.1) is 0 Å². The smallest absolute Gasteiger partial charge is 0.336 e. The summed E-state index contributed by atoms with van der Waals surface area (Å²) in [6.45, 7) is 0. The van der Waals surface area contributed by atoms with Gasteiger partial charge in [0.15, 0.2) is 5.16 Å². The Bertz CT molecular complexity index is 1350. The van der Waals surface area contributed by atoms with Gasteiger partial charge >= 0.3 is 5.63 Å². The topological polar surface area (TPSA) is 65.1 Å². The molecular weight excluding hydrogens is 372 g/mol. The van der Waals surface area contributed by atoms with Crippen LogP contribution in [-0.2, 0) is 25.6 Å². The summed E-state index contributed by atoms with van der Waals surface area (Å²) in [4.78, 5) is 29.3. The first-order chi connectivity index (χ1) is 13.6. The number of rotatable bonds is 3. The fourth-order valence-electron chi connectivity index (χ4n) is 3.88. The molecule has 28 heavy (non-hydrogen) atoms. The van der Waals surface area contributed by atoms with E-state index >= 15 is 0 Å². The molecule has 2 aromatic carbocycles. The summed E-state index contributed by atoms with van der Waals surface area (Å²) in [6.07, 6.45) is 3.25. The van der Waals surface area contributed by atoms with E-state index in [-0.39, 0.29) is 11.2 Å². The number of para-hydroxylation sites is 1. The standard InChI is InChI=1S/C22H18N2O3S/c1-24-21(26)16-7-2-3-8-18(16)23-22(24)28-12-15-11-20(25)27-19-10-14-6-4-5-13(14)9-17(15)19/h2-3,7-11H,4-6,12H2,1H3. The Balaban J connectivity index is 1.56. The molecule has 1 aliphatic rings. The normalized spacial score (nSPS) is 13.3. The predicted octanol–water partition coefficient (Wildman–Crippen LogP) is 3.82. The average molecular weight is 390 g/mol. The monoisotopic (exact) mass is 390 g/mol. The van der Waals surface area contributed by atoms with Crippen LogP contribution in [0.4, 0.5) is 0 Å². The number of hydrogen-bond donors (Lipinski definition) is 0. The van der Waals surface area contributed by atoms with E-state index in [0.717, 1.165) is 30.2 Å². The molecule has 0 saturated heterocycles. The lowest BCUT2D eigenvalue weighted by Gasteiger charge is -2.10. The van der Waals surface area contributed by atoms with E-state index in [2.05, 4.69) is 11.1 Å². The second kappa shape index (κ2) is 6.63. The second-order valence-electron chi connectivity index (χ2n) is 7.13. The van der Waals surface area contributed by atoms with Crippen LogP contribution in [0.15, 0.2) is 61.6 Å². The molecule has 0 spiro atoms. The maximum atomic E-state index is 12.6. The van der Waals surface area contributed by atoms with Crippen molar-refractivity contribution in [1.82, 2.24) is 9.55 Å². The van der Waals surface area contributed by atoms with Gasteiger partial charge in [-0.3, -0.25) is 9.36 Å². The van der Waals surface area contributed by atoms with Crippen molar-refractivity contribution in [3.63, 3.8) is 0 Å². The summed E-state index contributed by atoms with van der Waals surface area (Å²) in [5.41, 5.74) is 4.44. The highest BCUT2D eigenvalue weighted by Crippen LogP contribution is 2.31. The van der Waals surface area contributed by atoms with Crippen LogP contribution >= 0.6 is 11.8 Å². The SMILES string of the molecule is Cn1c(SCc2cc(=O)oc3cc4c(cc23)CCC4)nc2ccccc2c1=O. The minimum atomic E-state index is -0.346. The summed E-state index contributed by atoms with van der Waals surface area (Å²) < 4.78 is 7.01. The molecule has 140 valence electrons. The van der Waals surface area contributed by atoms with Crippen molar-refractivity contribution in [1.29, 1.82) is 0 Å². The minimum Gasteiger partial charge on any atom is -0.423 e. The quantitative estimate of drug-likeness (QED) is 0.302. The fraction of sp³-hybridized carbons (Fsp3) is 0.227. The van der Waals surface area contributed by atoms with Gasteiger partial charge in [-0.2, -0.15) is 0 Å². The molecule has 1 aliphatic carbocycles. The molecule has 0 aliphatic heterocycles. The Kier molecular flexibility index (Phi) is 4.09. The van der Waals surface area contributed by atoms with Gasteiger partial charge in [-0.1, -0.05) is 23.9 Å². The van der Waals surface area contributed by atoms with Gasteiger partial charge in [0.25, 0.3) is 5.56 Å². The average Bonchev–Trinajstić information content (AvgIpc) is 3.15. The van der Waals surface area contributed by atoms with Crippen molar-refractivity contribution in [2.45, 2.75) is 30.2 Å². The predicted molar refractivity (Wildman–Crippen MR) is 111 cm³/mol. The molecule has 0 bridgehead atoms. The number of fused-ring (bicyclic) bond motifs is 3. The molecule has 0 fully saturated rings. The van der Waals surface area contributed by atoms with E-state index in [1.165, 1.54) is 22.9 Å². The van der Waals surface area contributed by atoms with Crippen molar-refractivity contribution in [3.8, 4) is 0 Å². The molecule has 0 radical (unpaired) electrons. The third-order valence-electron chi connectivity index (χ3n) is 5.34. The van der Waals surface area contributed by atoms with E-state index in [1.54, 1.807) is 23.7 Å². The van der Waals surface area contributed by atoms with E-state index in [1.807, 2.05) is 24.3 Å². The second-order valence-corrected chi connectivity index (χ2v) is 8.07. The van der Waals surface area contributed by atoms with Crippen LogP contribution in [0.2, 0.25) is 0 Å². The van der Waals surface area contributed by atoms with E-state index in [9.17, 15) is 9.59 Å². The van der Waals surface area contributed by atoms with Gasteiger partial charge in [0, 0.05) is 24.3 Å². The minimum absolute atomic E-state index is 0.0663. The molecule has 0 atom stereocenters. The van der Waals surface area contributed by atoms with Gasteiger partial charge in [0.1, 0.15) is 5.58 Å². The number of aryl methyl sites for hydroxylation is 2. The number of benzene rings is 2. The number of nitrogens with zero attached hydrogens (tertiary/aromatic N) is 2. The highest BCUT2D eigenvalue weighted by Gasteiger charge is 2.16. The maximum Gasteiger partial charge on any atom is 0.336 e. The van der Waals surface area contributed by atoms with Gasteiger partial charge in [-0.25, -0.2) is 9.78 Å². The summed E-state index contributed by atoms with van der Waals surface area (Å²) in [6, 6.07) is 13.1. The Morgan fingerprint density at radius 3 is 2.71 bits per heavy atom. The Morgan fingerprint density at radius 2 is 1.86 bits per heavy atom. The summed E-state index contributed by atoms with van der Waals surface area (Å²) in [5, 5.41) is 2.21. The molecule has 5 rings (SSSR count). The molecule has 0 amide bonds. The van der Waals surface area contributed by atoms with Gasteiger partial charge in [0.05, 0.1) is 10.9 Å². The molecule has 0 saturated carbocycles. The molecule has 5 nitrogen and oxygen atoms in total. The number of thioether (sulfide) groups is 1. The van der Waals surface area contributed by atoms with Crippen LogP contribution in [0.1, 0.15) is 23.1 Å². The molecule has 4 aromatic rings. The number of hydrogen-bond acceptors (Lipinski definition) is 5. The van der Waals surface area contributed by atoms with Gasteiger partial charge in [-0.05, 0) is 60.2 Å². The highest BCUT2D eigenvalue weighted by molar-refractivity contribution is 7.98. The summed E-state index contributed by atoms with van der Waals surface area (Å²) in [5.74, 6) is 0.541. The van der Waals surface area contributed by atoms with Crippen molar-refractivity contribution in [2.24, 2.45) is 7.05 Å². The zero-order valence-corrected chi connectivity index (χ0v) is 16.2. The van der Waals surface area contributed by atoms with Gasteiger partial charge < -0.3 is 4.42 Å². The first kappa shape index (κ1) is 17.3. The molecule has 6 heteroatoms. The van der Waals surface area contributed by atoms with Crippen LogP contribution in [0.25, 0.3) is 21.9 Å². The zero-order chi connectivity index (χ0) is 19.3. The zero-order valence-electron chi connectivity index (χ0n) is 15.4. The summed E-state index contributed by atoms with van der Waals surface area (Å²) >= 11 is 1.46. The van der Waals surface area contributed by atoms with Crippen molar-refractivity contribution >= 4 is 33.6 Å². The summed E-state index contributed by atoms with van der Waals surface area (Å²) in [7, 11) is 1.73. The van der Waals surface area contributed by atoms with E-state index in [4.69, 9.17) is 4.42 Å². The highest BCUT2D eigenvalue weighted by atomic mass is 32.2. The molecule has 0 unspecified atom stereocenters. The van der Waals surface area contributed by atoms with Gasteiger partial charge in [0.2, 0.25) is 0 Å². The van der Waals surface area contributed by atoms with Crippen molar-refractivity contribution in [3.05, 3.63) is 79.9 Å². The number of aromatic nitrogens is 2. The Labute approximate surface area is 165 Å².